The minimum absolute atomic E-state index is 0. The molecule has 230 valence electrons. The molecule has 0 bridgehead atoms. The van der Waals surface area contributed by atoms with Crippen LogP contribution in [-0.4, -0.2) is 109 Å². The number of carbonyl (C=O) groups excluding carboxylic acids is 2. The van der Waals surface area contributed by atoms with Gasteiger partial charge < -0.3 is 38.1 Å². The first-order valence-electron chi connectivity index (χ1n) is 11.8. The third kappa shape index (κ3) is 13.5. The fourth-order valence-corrected chi connectivity index (χ4v) is 4.30. The van der Waals surface area contributed by atoms with E-state index in [0.29, 0.717) is 33.4 Å². The predicted octanol–water partition coefficient (Wildman–Crippen LogP) is 2.54. The van der Waals surface area contributed by atoms with E-state index in [1.807, 2.05) is 0 Å². The minimum Gasteiger partial charge on any atom is -0.481 e. The fraction of sp³-hybridized carbons (Fsp3) is 0.0667. The summed E-state index contributed by atoms with van der Waals surface area (Å²) in [6.07, 6.45) is -0.402. The summed E-state index contributed by atoms with van der Waals surface area (Å²) in [7, 11) is 0. The minimum atomic E-state index is -0.982. The number of hydrogen-bond donors (Lipinski definition) is 4. The fourth-order valence-electron chi connectivity index (χ4n) is 3.77. The molecule has 0 fully saturated rings. The van der Waals surface area contributed by atoms with E-state index in [-0.39, 0.29) is 111 Å². The second-order valence-corrected chi connectivity index (χ2v) is 10.4. The van der Waals surface area contributed by atoms with Gasteiger partial charge in [-0.2, -0.15) is 0 Å². The summed E-state index contributed by atoms with van der Waals surface area (Å²) < 4.78 is 1.75. The molecule has 11 nitrogen and oxygen atoms in total. The second kappa shape index (κ2) is 22.2. The Balaban J connectivity index is -0.000000706. The van der Waals surface area contributed by atoms with Crippen molar-refractivity contribution in [2.45, 2.75) is 12.8 Å². The maximum Gasteiger partial charge on any atom is 0.307 e. The van der Waals surface area contributed by atoms with E-state index in [1.54, 1.807) is 84.9 Å². The van der Waals surface area contributed by atoms with E-state index >= 15 is 0 Å². The van der Waals surface area contributed by atoms with Crippen molar-refractivity contribution in [3.05, 3.63) is 127 Å². The van der Waals surface area contributed by atoms with Gasteiger partial charge in [-0.05, 0) is 71.8 Å². The number of ketones is 2. The first-order chi connectivity index (χ1) is 19.0. The molecule has 15 heteroatoms. The molecular formula is C30H30Br2N2Na2O9. The van der Waals surface area contributed by atoms with Gasteiger partial charge in [-0.25, -0.2) is 0 Å². The summed E-state index contributed by atoms with van der Waals surface area (Å²) in [6.45, 7) is 0. The van der Waals surface area contributed by atoms with Crippen LogP contribution in [0, 0.1) is 0 Å². The van der Waals surface area contributed by atoms with Gasteiger partial charge in [0.15, 0.2) is 11.6 Å². The molecule has 0 heterocycles. The molecule has 2 radical (unpaired) electrons. The first kappa shape index (κ1) is 47.0. The standard InChI is InChI=1S/2C15H12BrNO3.2Na.3H2O/c2*16-11-6-4-9(5-7-11)15(20)12-3-1-2-10(14(12)17)8-13(18)19;;;;;/h2*1-7H,8,17H2,(H,18,19);;;3*1H2. The van der Waals surface area contributed by atoms with Crippen molar-refractivity contribution >= 4 is 126 Å². The van der Waals surface area contributed by atoms with E-state index in [9.17, 15) is 19.2 Å². The third-order valence-electron chi connectivity index (χ3n) is 5.78. The van der Waals surface area contributed by atoms with Gasteiger partial charge in [0.25, 0.3) is 0 Å². The molecular weight excluding hydrogens is 738 g/mol. The van der Waals surface area contributed by atoms with Crippen LogP contribution in [-0.2, 0) is 22.4 Å². The summed E-state index contributed by atoms with van der Waals surface area (Å²) in [4.78, 5) is 46.3. The number of hydrogen-bond acceptors (Lipinski definition) is 6. The molecule has 4 aromatic carbocycles. The van der Waals surface area contributed by atoms with Crippen molar-refractivity contribution in [3.63, 3.8) is 0 Å². The number of para-hydroxylation sites is 2. The topological polar surface area (TPSA) is 255 Å². The Labute approximate surface area is 320 Å². The molecule has 0 saturated heterocycles. The van der Waals surface area contributed by atoms with Crippen LogP contribution in [0.15, 0.2) is 93.9 Å². The number of benzene rings is 4. The van der Waals surface area contributed by atoms with Crippen LogP contribution in [0.4, 0.5) is 11.4 Å². The van der Waals surface area contributed by atoms with Crippen molar-refractivity contribution in [2.75, 3.05) is 11.5 Å². The third-order valence-corrected chi connectivity index (χ3v) is 6.84. The first-order valence-corrected chi connectivity index (χ1v) is 13.4. The summed E-state index contributed by atoms with van der Waals surface area (Å²) in [5, 5.41) is 17.6. The molecule has 0 atom stereocenters. The SMILES string of the molecule is Nc1c(CC(=O)O)cccc1C(=O)c1ccc(Br)cc1.Nc1c(CC(=O)O)cccc1C(=O)c1ccc(Br)cc1.O.O.O.[Na].[Na]. The zero-order chi connectivity index (χ0) is 29.4. The molecule has 0 spiro atoms. The number of halogens is 2. The number of anilines is 2. The molecule has 12 N–H and O–H groups in total. The molecule has 0 unspecified atom stereocenters. The predicted molar refractivity (Wildman–Crippen MR) is 182 cm³/mol. The van der Waals surface area contributed by atoms with Gasteiger partial charge in [-0.15, -0.1) is 0 Å². The van der Waals surface area contributed by atoms with Crippen molar-refractivity contribution in [1.82, 2.24) is 0 Å². The number of carbonyl (C=O) groups is 4. The van der Waals surface area contributed by atoms with Gasteiger partial charge in [-0.1, -0.05) is 56.1 Å². The monoisotopic (exact) mass is 766 g/mol. The van der Waals surface area contributed by atoms with Crippen molar-refractivity contribution in [1.29, 1.82) is 0 Å². The normalized spacial score (nSPS) is 9.11. The Morgan fingerprint density at radius 3 is 1.09 bits per heavy atom. The molecule has 0 aromatic heterocycles. The van der Waals surface area contributed by atoms with Crippen molar-refractivity contribution in [2.24, 2.45) is 0 Å². The quantitative estimate of drug-likeness (QED) is 0.117. The molecule has 4 rings (SSSR count). The molecule has 0 aliphatic rings. The maximum absolute atomic E-state index is 12.4. The Morgan fingerprint density at radius 2 is 0.822 bits per heavy atom. The molecule has 0 amide bonds. The zero-order valence-electron chi connectivity index (χ0n) is 24.4. The van der Waals surface area contributed by atoms with Crippen LogP contribution in [0.2, 0.25) is 0 Å². The van der Waals surface area contributed by atoms with Gasteiger partial charge in [0, 0.05) is 102 Å². The molecule has 45 heavy (non-hydrogen) atoms. The smallest absolute Gasteiger partial charge is 0.307 e. The van der Waals surface area contributed by atoms with Crippen LogP contribution in [0.1, 0.15) is 43.0 Å². The number of carboxylic acids is 2. The summed E-state index contributed by atoms with van der Waals surface area (Å²) >= 11 is 6.61. The molecule has 0 aliphatic carbocycles. The zero-order valence-corrected chi connectivity index (χ0v) is 31.6. The second-order valence-electron chi connectivity index (χ2n) is 8.57. The number of rotatable bonds is 8. The molecule has 4 aromatic rings. The van der Waals surface area contributed by atoms with E-state index in [2.05, 4.69) is 31.9 Å². The Bertz CT molecular complexity index is 1470. The van der Waals surface area contributed by atoms with Gasteiger partial charge >= 0.3 is 11.9 Å². The maximum atomic E-state index is 12.4. The van der Waals surface area contributed by atoms with Gasteiger partial charge in [-0.3, -0.25) is 19.2 Å². The molecule has 0 saturated carbocycles. The number of nitrogens with two attached hydrogens (primary N) is 2. The van der Waals surface area contributed by atoms with Crippen molar-refractivity contribution in [3.8, 4) is 0 Å². The Hall–Kier alpha value is -2.40. The average molecular weight is 768 g/mol. The summed E-state index contributed by atoms with van der Waals surface area (Å²) in [5.74, 6) is -2.40. The van der Waals surface area contributed by atoms with Crippen LogP contribution in [0.25, 0.3) is 0 Å². The van der Waals surface area contributed by atoms with Gasteiger partial charge in [0.1, 0.15) is 0 Å². The van der Waals surface area contributed by atoms with Gasteiger partial charge in [0.2, 0.25) is 0 Å². The number of nitrogen functional groups attached to an aromatic ring is 2. The van der Waals surface area contributed by atoms with Crippen LogP contribution < -0.4 is 11.5 Å². The largest absolute Gasteiger partial charge is 0.481 e. The van der Waals surface area contributed by atoms with E-state index in [0.717, 1.165) is 8.95 Å². The molecule has 0 aliphatic heterocycles. The van der Waals surface area contributed by atoms with Gasteiger partial charge in [0.05, 0.1) is 12.8 Å². The van der Waals surface area contributed by atoms with E-state index < -0.39 is 11.9 Å². The summed E-state index contributed by atoms with van der Waals surface area (Å²) in [6, 6.07) is 23.5. The van der Waals surface area contributed by atoms with E-state index in [4.69, 9.17) is 21.7 Å². The average Bonchev–Trinajstić information content (AvgIpc) is 2.91. The van der Waals surface area contributed by atoms with E-state index in [1.165, 1.54) is 0 Å². The van der Waals surface area contributed by atoms with Crippen LogP contribution >= 0.6 is 31.9 Å². The summed E-state index contributed by atoms with van der Waals surface area (Å²) in [5.41, 5.74) is 14.8. The van der Waals surface area contributed by atoms with Crippen LogP contribution in [0.3, 0.4) is 0 Å². The number of aliphatic carboxylic acids is 2. The Kier molecular flexibility index (Phi) is 23.2. The van der Waals surface area contributed by atoms with Crippen LogP contribution in [0.5, 0.6) is 0 Å². The Morgan fingerprint density at radius 1 is 0.533 bits per heavy atom. The number of carboxylic acid groups (broad SMARTS) is 2. The van der Waals surface area contributed by atoms with Crippen molar-refractivity contribution < 1.29 is 45.8 Å².